The van der Waals surface area contributed by atoms with Crippen LogP contribution in [0.1, 0.15) is 22.9 Å². The van der Waals surface area contributed by atoms with Gasteiger partial charge in [-0.3, -0.25) is 4.90 Å². The summed E-state index contributed by atoms with van der Waals surface area (Å²) in [6.07, 6.45) is 4.35. The van der Waals surface area contributed by atoms with Gasteiger partial charge in [-0.15, -0.1) is 11.3 Å². The summed E-state index contributed by atoms with van der Waals surface area (Å²) in [6, 6.07) is 4.24. The van der Waals surface area contributed by atoms with Crippen molar-refractivity contribution in [3.8, 4) is 0 Å². The predicted molar refractivity (Wildman–Crippen MR) is 86.8 cm³/mol. The number of hydrogen-bond donors (Lipinski definition) is 2. The van der Waals surface area contributed by atoms with Gasteiger partial charge in [-0.2, -0.15) is 0 Å². The van der Waals surface area contributed by atoms with Crippen molar-refractivity contribution < 1.29 is 9.21 Å². The molecular weight excluding hydrogens is 298 g/mol. The number of thiophene rings is 1. The van der Waals surface area contributed by atoms with Crippen molar-refractivity contribution >= 4 is 17.4 Å². The zero-order chi connectivity index (χ0) is 15.4. The van der Waals surface area contributed by atoms with Crippen LogP contribution in [0.15, 0.2) is 34.5 Å². The van der Waals surface area contributed by atoms with Gasteiger partial charge in [0.05, 0.1) is 12.5 Å². The van der Waals surface area contributed by atoms with E-state index in [1.165, 1.54) is 10.4 Å². The monoisotopic (exact) mass is 319 g/mol. The fourth-order valence-electron chi connectivity index (χ4n) is 2.65. The van der Waals surface area contributed by atoms with Crippen LogP contribution in [0, 0.1) is 0 Å². The number of carbonyl (C=O) groups excluding carboxylic acids is 1. The molecule has 1 aliphatic rings. The van der Waals surface area contributed by atoms with Crippen LogP contribution in [0.5, 0.6) is 0 Å². The van der Waals surface area contributed by atoms with Gasteiger partial charge >= 0.3 is 6.03 Å². The predicted octanol–water partition coefficient (Wildman–Crippen LogP) is 2.59. The standard InChI is InChI=1S/C16H21N3O2S/c1-12(19-5-2-15-14(10-19)4-7-22-15)8-17-16(20)18-9-13-3-6-21-11-13/h3-4,6-7,11-12H,2,5,8-10H2,1H3,(H2,17,18,20)/t12-/m0/s1. The molecule has 2 aromatic heterocycles. The molecule has 118 valence electrons. The SMILES string of the molecule is C[C@@H](CNC(=O)NCc1ccoc1)N1CCc2sccc2C1. The lowest BCUT2D eigenvalue weighted by molar-refractivity contribution is 0.186. The first kappa shape index (κ1) is 15.1. The summed E-state index contributed by atoms with van der Waals surface area (Å²) in [5.41, 5.74) is 2.40. The van der Waals surface area contributed by atoms with Crippen molar-refractivity contribution in [1.29, 1.82) is 0 Å². The average molecular weight is 319 g/mol. The van der Waals surface area contributed by atoms with Gasteiger partial charge < -0.3 is 15.1 Å². The Kier molecular flexibility index (Phi) is 4.80. The van der Waals surface area contributed by atoms with Crippen LogP contribution >= 0.6 is 11.3 Å². The lowest BCUT2D eigenvalue weighted by Crippen LogP contribution is -2.46. The van der Waals surface area contributed by atoms with Crippen molar-refractivity contribution in [2.45, 2.75) is 32.5 Å². The number of furan rings is 1. The molecule has 22 heavy (non-hydrogen) atoms. The topological polar surface area (TPSA) is 57.5 Å². The normalized spacial score (nSPS) is 16.0. The van der Waals surface area contributed by atoms with Crippen LogP contribution in [0.3, 0.4) is 0 Å². The molecule has 3 rings (SSSR count). The molecule has 0 fully saturated rings. The van der Waals surface area contributed by atoms with E-state index in [2.05, 4.69) is 33.9 Å². The molecule has 2 amide bonds. The second kappa shape index (κ2) is 6.98. The maximum absolute atomic E-state index is 11.8. The Morgan fingerprint density at radius 3 is 3.18 bits per heavy atom. The first-order chi connectivity index (χ1) is 10.7. The molecule has 0 saturated heterocycles. The fraction of sp³-hybridized carbons (Fsp3) is 0.438. The van der Waals surface area contributed by atoms with Crippen LogP contribution in [0.2, 0.25) is 0 Å². The van der Waals surface area contributed by atoms with Gasteiger partial charge in [-0.1, -0.05) is 0 Å². The van der Waals surface area contributed by atoms with Gasteiger partial charge in [0.15, 0.2) is 0 Å². The number of hydrogen-bond acceptors (Lipinski definition) is 4. The van der Waals surface area contributed by atoms with Gasteiger partial charge in [-0.05, 0) is 36.4 Å². The Balaban J connectivity index is 1.40. The first-order valence-electron chi connectivity index (χ1n) is 7.54. The minimum absolute atomic E-state index is 0.138. The smallest absolute Gasteiger partial charge is 0.315 e. The van der Waals surface area contributed by atoms with E-state index in [0.29, 0.717) is 19.1 Å². The van der Waals surface area contributed by atoms with E-state index in [0.717, 1.165) is 25.1 Å². The van der Waals surface area contributed by atoms with Crippen LogP contribution < -0.4 is 10.6 Å². The third-order valence-electron chi connectivity index (χ3n) is 4.05. The molecule has 1 aliphatic heterocycles. The zero-order valence-electron chi connectivity index (χ0n) is 12.7. The van der Waals surface area contributed by atoms with E-state index < -0.39 is 0 Å². The molecule has 0 radical (unpaired) electrons. The Hall–Kier alpha value is -1.79. The minimum Gasteiger partial charge on any atom is -0.472 e. The van der Waals surface area contributed by atoms with Crippen molar-refractivity contribution in [3.63, 3.8) is 0 Å². The second-order valence-corrected chi connectivity index (χ2v) is 6.63. The van der Waals surface area contributed by atoms with Gasteiger partial charge in [0, 0.05) is 42.7 Å². The summed E-state index contributed by atoms with van der Waals surface area (Å²) in [4.78, 5) is 15.7. The molecule has 0 aromatic carbocycles. The highest BCUT2D eigenvalue weighted by molar-refractivity contribution is 7.10. The molecule has 5 nitrogen and oxygen atoms in total. The summed E-state index contributed by atoms with van der Waals surface area (Å²) >= 11 is 1.85. The number of nitrogens with one attached hydrogen (secondary N) is 2. The highest BCUT2D eigenvalue weighted by Gasteiger charge is 2.21. The van der Waals surface area contributed by atoms with Gasteiger partial charge in [0.2, 0.25) is 0 Å². The summed E-state index contributed by atoms with van der Waals surface area (Å²) in [7, 11) is 0. The Labute approximate surface area is 134 Å². The van der Waals surface area contributed by atoms with Gasteiger partial charge in [-0.25, -0.2) is 4.79 Å². The van der Waals surface area contributed by atoms with E-state index in [4.69, 9.17) is 4.42 Å². The van der Waals surface area contributed by atoms with Crippen LogP contribution in [0.25, 0.3) is 0 Å². The van der Waals surface area contributed by atoms with Gasteiger partial charge in [0.25, 0.3) is 0 Å². The molecule has 2 aromatic rings. The Morgan fingerprint density at radius 1 is 1.45 bits per heavy atom. The number of nitrogens with zero attached hydrogens (tertiary/aromatic N) is 1. The van der Waals surface area contributed by atoms with Crippen molar-refractivity contribution in [3.05, 3.63) is 46.0 Å². The number of carbonyl (C=O) groups is 1. The average Bonchev–Trinajstić information content (AvgIpc) is 3.20. The second-order valence-electron chi connectivity index (χ2n) is 5.63. The molecule has 2 N–H and O–H groups in total. The van der Waals surface area contributed by atoms with E-state index in [9.17, 15) is 4.79 Å². The quantitative estimate of drug-likeness (QED) is 0.890. The van der Waals surface area contributed by atoms with Gasteiger partial charge in [0.1, 0.15) is 0 Å². The number of fused-ring (bicyclic) bond motifs is 1. The largest absolute Gasteiger partial charge is 0.472 e. The zero-order valence-corrected chi connectivity index (χ0v) is 13.5. The molecule has 0 spiro atoms. The maximum Gasteiger partial charge on any atom is 0.315 e. The Morgan fingerprint density at radius 2 is 2.36 bits per heavy atom. The first-order valence-corrected chi connectivity index (χ1v) is 8.42. The number of urea groups is 1. The molecule has 6 heteroatoms. The molecular formula is C16H21N3O2S. The lowest BCUT2D eigenvalue weighted by Gasteiger charge is -2.32. The molecule has 0 saturated carbocycles. The summed E-state index contributed by atoms with van der Waals surface area (Å²) in [6.45, 7) is 5.34. The molecule has 3 heterocycles. The third-order valence-corrected chi connectivity index (χ3v) is 5.07. The van der Waals surface area contributed by atoms with Crippen molar-refractivity contribution in [2.24, 2.45) is 0 Å². The van der Waals surface area contributed by atoms with E-state index >= 15 is 0 Å². The molecule has 0 bridgehead atoms. The van der Waals surface area contributed by atoms with Crippen molar-refractivity contribution in [1.82, 2.24) is 15.5 Å². The highest BCUT2D eigenvalue weighted by atomic mass is 32.1. The summed E-state index contributed by atoms with van der Waals surface area (Å²) < 4.78 is 4.97. The maximum atomic E-state index is 11.8. The fourth-order valence-corrected chi connectivity index (χ4v) is 3.54. The third kappa shape index (κ3) is 3.69. The van der Waals surface area contributed by atoms with Crippen LogP contribution in [-0.2, 0) is 19.5 Å². The number of rotatable bonds is 5. The lowest BCUT2D eigenvalue weighted by atomic mass is 10.1. The summed E-state index contributed by atoms with van der Waals surface area (Å²) in [5.74, 6) is 0. The van der Waals surface area contributed by atoms with Crippen LogP contribution in [0.4, 0.5) is 4.79 Å². The number of amides is 2. The van der Waals surface area contributed by atoms with E-state index in [1.807, 2.05) is 17.4 Å². The minimum atomic E-state index is -0.138. The highest BCUT2D eigenvalue weighted by Crippen LogP contribution is 2.24. The van der Waals surface area contributed by atoms with Crippen LogP contribution in [-0.4, -0.2) is 30.1 Å². The van der Waals surface area contributed by atoms with E-state index in [-0.39, 0.29) is 6.03 Å². The Bertz CT molecular complexity index is 609. The summed E-state index contributed by atoms with van der Waals surface area (Å²) in [5, 5.41) is 7.94. The molecule has 0 aliphatic carbocycles. The van der Waals surface area contributed by atoms with Crippen molar-refractivity contribution in [2.75, 3.05) is 13.1 Å². The molecule has 1 atom stereocenters. The van der Waals surface area contributed by atoms with E-state index in [1.54, 1.807) is 12.5 Å². The molecule has 0 unspecified atom stereocenters.